The number of aryl methyl sites for hydroxylation is 1. The van der Waals surface area contributed by atoms with Crippen LogP contribution >= 0.6 is 0 Å². The third kappa shape index (κ3) is 1.94. The first kappa shape index (κ1) is 11.1. The van der Waals surface area contributed by atoms with Gasteiger partial charge in [-0.3, -0.25) is 14.3 Å². The summed E-state index contributed by atoms with van der Waals surface area (Å²) in [6.45, 7) is 2.11. The van der Waals surface area contributed by atoms with Crippen LogP contribution in [-0.2, 0) is 4.74 Å². The molecular weight excluding hydrogens is 210 g/mol. The van der Waals surface area contributed by atoms with Gasteiger partial charge in [0.15, 0.2) is 0 Å². The molecule has 0 bridgehead atoms. The highest BCUT2D eigenvalue weighted by atomic mass is 16.5. The van der Waals surface area contributed by atoms with Crippen LogP contribution in [0.2, 0.25) is 0 Å². The number of aromatic nitrogens is 2. The van der Waals surface area contributed by atoms with Crippen molar-refractivity contribution in [2.24, 2.45) is 5.73 Å². The summed E-state index contributed by atoms with van der Waals surface area (Å²) < 4.78 is 7.01. The molecule has 88 valence electrons. The van der Waals surface area contributed by atoms with Gasteiger partial charge < -0.3 is 10.5 Å². The molecule has 3 N–H and O–H groups in total. The number of nitrogens with zero attached hydrogens (tertiary/aromatic N) is 1. The van der Waals surface area contributed by atoms with E-state index in [1.807, 2.05) is 0 Å². The Morgan fingerprint density at radius 3 is 2.94 bits per heavy atom. The molecule has 0 saturated carbocycles. The van der Waals surface area contributed by atoms with Gasteiger partial charge in [-0.1, -0.05) is 0 Å². The first-order chi connectivity index (χ1) is 7.61. The van der Waals surface area contributed by atoms with Crippen LogP contribution in [0.25, 0.3) is 0 Å². The lowest BCUT2D eigenvalue weighted by molar-refractivity contribution is 0.00348. The van der Waals surface area contributed by atoms with Crippen LogP contribution in [0.1, 0.15) is 24.6 Å². The first-order valence-corrected chi connectivity index (χ1v) is 5.29. The monoisotopic (exact) mass is 225 g/mol. The minimum Gasteiger partial charge on any atom is -0.353 e. The van der Waals surface area contributed by atoms with Gasteiger partial charge in [0.2, 0.25) is 0 Å². The highest BCUT2D eigenvalue weighted by molar-refractivity contribution is 5.01. The molecule has 2 rings (SSSR count). The number of ether oxygens (including phenoxy) is 1. The van der Waals surface area contributed by atoms with Crippen LogP contribution < -0.4 is 17.0 Å². The van der Waals surface area contributed by atoms with Crippen LogP contribution in [-0.4, -0.2) is 22.2 Å². The van der Waals surface area contributed by atoms with Crippen molar-refractivity contribution in [2.75, 3.05) is 6.54 Å². The molecule has 1 aromatic rings. The van der Waals surface area contributed by atoms with Crippen molar-refractivity contribution < 1.29 is 4.74 Å². The van der Waals surface area contributed by atoms with Crippen LogP contribution in [0.4, 0.5) is 0 Å². The van der Waals surface area contributed by atoms with Crippen molar-refractivity contribution in [3.63, 3.8) is 0 Å². The molecule has 6 heteroatoms. The van der Waals surface area contributed by atoms with Crippen molar-refractivity contribution in [3.8, 4) is 0 Å². The number of rotatable bonds is 2. The van der Waals surface area contributed by atoms with Gasteiger partial charge in [0.05, 0.1) is 6.10 Å². The second-order valence-corrected chi connectivity index (χ2v) is 4.00. The molecule has 0 unspecified atom stereocenters. The number of nitrogens with one attached hydrogen (secondary N) is 1. The summed E-state index contributed by atoms with van der Waals surface area (Å²) in [5.41, 5.74) is 5.21. The van der Waals surface area contributed by atoms with Gasteiger partial charge in [-0.25, -0.2) is 4.79 Å². The SMILES string of the molecule is Cc1cn([C@@H]2CC[C@@H](CN)O2)c(=O)[nH]c1=O. The zero-order chi connectivity index (χ0) is 11.7. The van der Waals surface area contributed by atoms with Gasteiger partial charge in [-0.2, -0.15) is 0 Å². The zero-order valence-electron chi connectivity index (χ0n) is 9.10. The third-order valence-electron chi connectivity index (χ3n) is 2.80. The highest BCUT2D eigenvalue weighted by Crippen LogP contribution is 2.26. The third-order valence-corrected chi connectivity index (χ3v) is 2.80. The fourth-order valence-electron chi connectivity index (χ4n) is 1.86. The molecule has 0 amide bonds. The van der Waals surface area contributed by atoms with E-state index in [1.165, 1.54) is 10.8 Å². The van der Waals surface area contributed by atoms with Gasteiger partial charge in [0.25, 0.3) is 5.56 Å². The van der Waals surface area contributed by atoms with Gasteiger partial charge in [-0.05, 0) is 19.8 Å². The van der Waals surface area contributed by atoms with E-state index in [0.717, 1.165) is 12.8 Å². The van der Waals surface area contributed by atoms with E-state index >= 15 is 0 Å². The maximum Gasteiger partial charge on any atom is 0.330 e. The van der Waals surface area contributed by atoms with Crippen molar-refractivity contribution in [2.45, 2.75) is 32.1 Å². The Balaban J connectivity index is 2.32. The number of hydrogen-bond donors (Lipinski definition) is 2. The summed E-state index contributed by atoms with van der Waals surface area (Å²) in [7, 11) is 0. The molecular formula is C10H15N3O3. The van der Waals surface area contributed by atoms with E-state index in [-0.39, 0.29) is 17.9 Å². The average molecular weight is 225 g/mol. The molecule has 0 aliphatic carbocycles. The van der Waals surface area contributed by atoms with E-state index < -0.39 is 5.69 Å². The summed E-state index contributed by atoms with van der Waals surface area (Å²) in [5.74, 6) is 0. The van der Waals surface area contributed by atoms with Gasteiger partial charge in [0.1, 0.15) is 6.23 Å². The quantitative estimate of drug-likeness (QED) is 0.708. The lowest BCUT2D eigenvalue weighted by Gasteiger charge is -2.15. The Morgan fingerprint density at radius 2 is 2.31 bits per heavy atom. The molecule has 2 heterocycles. The smallest absolute Gasteiger partial charge is 0.330 e. The molecule has 1 aliphatic rings. The van der Waals surface area contributed by atoms with Crippen LogP contribution in [0, 0.1) is 6.92 Å². The molecule has 1 aromatic heterocycles. The van der Waals surface area contributed by atoms with Crippen LogP contribution in [0.3, 0.4) is 0 Å². The Morgan fingerprint density at radius 1 is 1.56 bits per heavy atom. The van der Waals surface area contributed by atoms with Gasteiger partial charge in [-0.15, -0.1) is 0 Å². The maximum absolute atomic E-state index is 11.6. The summed E-state index contributed by atoms with van der Waals surface area (Å²) in [5, 5.41) is 0. The molecule has 0 spiro atoms. The standard InChI is InChI=1S/C10H15N3O3/c1-6-5-13(10(15)12-9(6)14)8-3-2-7(4-11)16-8/h5,7-8H,2-4,11H2,1H3,(H,12,14,15)/t7-,8-/m0/s1. The minimum absolute atomic E-state index is 0.00383. The molecule has 2 atom stereocenters. The average Bonchev–Trinajstić information content (AvgIpc) is 2.71. The van der Waals surface area contributed by atoms with Crippen LogP contribution in [0.15, 0.2) is 15.8 Å². The predicted octanol–water partition coefficient (Wildman–Crippen LogP) is -0.519. The summed E-state index contributed by atoms with van der Waals surface area (Å²) >= 11 is 0. The molecule has 1 fully saturated rings. The van der Waals surface area contributed by atoms with Crippen molar-refractivity contribution in [1.29, 1.82) is 0 Å². The van der Waals surface area contributed by atoms with Crippen molar-refractivity contribution in [1.82, 2.24) is 9.55 Å². The molecule has 16 heavy (non-hydrogen) atoms. The first-order valence-electron chi connectivity index (χ1n) is 5.29. The van der Waals surface area contributed by atoms with E-state index in [2.05, 4.69) is 4.98 Å². The Bertz CT molecular complexity index is 491. The summed E-state index contributed by atoms with van der Waals surface area (Å²) in [6.07, 6.45) is 2.81. The van der Waals surface area contributed by atoms with E-state index in [1.54, 1.807) is 6.92 Å². The minimum atomic E-state index is -0.432. The lowest BCUT2D eigenvalue weighted by Crippen LogP contribution is -2.33. The fraction of sp³-hybridized carbons (Fsp3) is 0.600. The number of aromatic amines is 1. The van der Waals surface area contributed by atoms with Crippen LogP contribution in [0.5, 0.6) is 0 Å². The number of nitrogens with two attached hydrogens (primary N) is 1. The number of hydrogen-bond acceptors (Lipinski definition) is 4. The second kappa shape index (κ2) is 4.23. The predicted molar refractivity (Wildman–Crippen MR) is 58.3 cm³/mol. The van der Waals surface area contributed by atoms with E-state index in [4.69, 9.17) is 10.5 Å². The normalized spacial score (nSPS) is 24.9. The Hall–Kier alpha value is -1.40. The molecule has 1 aliphatic heterocycles. The molecule has 0 aromatic carbocycles. The lowest BCUT2D eigenvalue weighted by atomic mass is 10.2. The molecule has 0 radical (unpaired) electrons. The summed E-state index contributed by atoms with van der Waals surface area (Å²) in [4.78, 5) is 25.0. The zero-order valence-corrected chi connectivity index (χ0v) is 9.10. The second-order valence-electron chi connectivity index (χ2n) is 4.00. The van der Waals surface area contributed by atoms with E-state index in [0.29, 0.717) is 12.1 Å². The summed E-state index contributed by atoms with van der Waals surface area (Å²) in [6, 6.07) is 0. The topological polar surface area (TPSA) is 90.1 Å². The van der Waals surface area contributed by atoms with Gasteiger partial charge in [0, 0.05) is 18.3 Å². The Kier molecular flexibility index (Phi) is 2.93. The van der Waals surface area contributed by atoms with Gasteiger partial charge >= 0.3 is 5.69 Å². The largest absolute Gasteiger partial charge is 0.353 e. The Labute approximate surface area is 92.0 Å². The fourth-order valence-corrected chi connectivity index (χ4v) is 1.86. The maximum atomic E-state index is 11.6. The molecule has 1 saturated heterocycles. The molecule has 6 nitrogen and oxygen atoms in total. The van der Waals surface area contributed by atoms with Crippen molar-refractivity contribution >= 4 is 0 Å². The van der Waals surface area contributed by atoms with E-state index in [9.17, 15) is 9.59 Å². The number of H-pyrrole nitrogens is 1. The highest BCUT2D eigenvalue weighted by Gasteiger charge is 2.26. The van der Waals surface area contributed by atoms with Crippen molar-refractivity contribution in [3.05, 3.63) is 32.6 Å².